The molecule has 0 aromatic rings. The number of rotatable bonds is 4. The van der Waals surface area contributed by atoms with Crippen molar-refractivity contribution in [2.45, 2.75) is 25.8 Å². The minimum atomic E-state index is -0.488. The third kappa shape index (κ3) is 2.68. The minimum Gasteiger partial charge on any atom is -0.329 e. The Morgan fingerprint density at radius 1 is 1.69 bits per heavy atom. The third-order valence-corrected chi connectivity index (χ3v) is 3.95. The van der Waals surface area contributed by atoms with Crippen molar-refractivity contribution in [3.63, 3.8) is 0 Å². The van der Waals surface area contributed by atoms with Crippen LogP contribution in [0.5, 0.6) is 0 Å². The zero-order chi connectivity index (χ0) is 12.3. The van der Waals surface area contributed by atoms with E-state index in [1.807, 2.05) is 0 Å². The number of nitrogens with zero attached hydrogens (tertiary/aromatic N) is 3. The molecule has 0 saturated carbocycles. The fourth-order valence-corrected chi connectivity index (χ4v) is 2.67. The Balaban J connectivity index is 2.92. The van der Waals surface area contributed by atoms with Gasteiger partial charge in [0.25, 0.3) is 0 Å². The summed E-state index contributed by atoms with van der Waals surface area (Å²) >= 11 is 7.59. The highest BCUT2D eigenvalue weighted by atomic mass is 35.5. The van der Waals surface area contributed by atoms with Gasteiger partial charge in [-0.1, -0.05) is 18.5 Å². The van der Waals surface area contributed by atoms with Crippen LogP contribution in [-0.4, -0.2) is 33.8 Å². The van der Waals surface area contributed by atoms with Gasteiger partial charge in [0.1, 0.15) is 5.71 Å². The first-order valence-corrected chi connectivity index (χ1v) is 6.35. The largest absolute Gasteiger partial charge is 0.329 e. The summed E-state index contributed by atoms with van der Waals surface area (Å²) in [6.45, 7) is 3.69. The highest BCUT2D eigenvalue weighted by Crippen LogP contribution is 2.29. The van der Waals surface area contributed by atoms with Crippen LogP contribution in [0.25, 0.3) is 0 Å². The maximum Gasteiger partial charge on any atom is 0.324 e. The highest BCUT2D eigenvalue weighted by Gasteiger charge is 2.32. The van der Waals surface area contributed by atoms with Crippen LogP contribution in [0.4, 0.5) is 0 Å². The van der Waals surface area contributed by atoms with Gasteiger partial charge in [0.15, 0.2) is 10.7 Å². The molecule has 0 bridgehead atoms. The van der Waals surface area contributed by atoms with Gasteiger partial charge in [0, 0.05) is 7.05 Å². The van der Waals surface area contributed by atoms with Gasteiger partial charge in [-0.25, -0.2) is 4.99 Å². The maximum absolute atomic E-state index is 10.8. The fourth-order valence-electron chi connectivity index (χ4n) is 1.31. The Morgan fingerprint density at radius 2 is 2.31 bits per heavy atom. The lowest BCUT2D eigenvalue weighted by atomic mass is 10.3. The number of hydrogen-bond donors (Lipinski definition) is 0. The molecule has 0 aliphatic carbocycles. The Kier molecular flexibility index (Phi) is 4.61. The van der Waals surface area contributed by atoms with E-state index in [9.17, 15) is 10.1 Å². The van der Waals surface area contributed by atoms with Crippen molar-refractivity contribution in [3.05, 3.63) is 21.0 Å². The van der Waals surface area contributed by atoms with Crippen LogP contribution in [0, 0.1) is 10.1 Å². The van der Waals surface area contributed by atoms with Crippen LogP contribution in [0.15, 0.2) is 15.8 Å². The summed E-state index contributed by atoms with van der Waals surface area (Å²) in [6, 6.07) is 0. The smallest absolute Gasteiger partial charge is 0.324 e. The van der Waals surface area contributed by atoms with Crippen molar-refractivity contribution in [3.8, 4) is 0 Å². The van der Waals surface area contributed by atoms with E-state index in [2.05, 4.69) is 11.9 Å². The zero-order valence-electron chi connectivity index (χ0n) is 9.44. The van der Waals surface area contributed by atoms with Crippen LogP contribution < -0.4 is 0 Å². The van der Waals surface area contributed by atoms with E-state index in [-0.39, 0.29) is 16.4 Å². The summed E-state index contributed by atoms with van der Waals surface area (Å²) in [7, 11) is 1.72. The molecule has 0 radical (unpaired) electrons. The summed E-state index contributed by atoms with van der Waals surface area (Å²) in [5.74, 6) is 0.948. The Hall–Kier alpha value is -0.750. The summed E-state index contributed by atoms with van der Waals surface area (Å²) < 4.78 is 0. The van der Waals surface area contributed by atoms with Crippen molar-refractivity contribution in [1.82, 2.24) is 4.90 Å². The van der Waals surface area contributed by atoms with Crippen molar-refractivity contribution in [1.29, 1.82) is 0 Å². The van der Waals surface area contributed by atoms with Gasteiger partial charge in [-0.2, -0.15) is 0 Å². The molecule has 5 nitrogen and oxygen atoms in total. The number of thioether (sulfide) groups is 1. The Labute approximate surface area is 104 Å². The fraction of sp³-hybridized carbons (Fsp3) is 0.667. The van der Waals surface area contributed by atoms with E-state index < -0.39 is 4.92 Å². The van der Waals surface area contributed by atoms with Gasteiger partial charge in [-0.15, -0.1) is 11.8 Å². The summed E-state index contributed by atoms with van der Waals surface area (Å²) in [4.78, 5) is 16.2. The molecule has 1 atom stereocenters. The molecule has 0 saturated heterocycles. The van der Waals surface area contributed by atoms with E-state index in [0.29, 0.717) is 5.71 Å². The summed E-state index contributed by atoms with van der Waals surface area (Å²) in [5.41, 5.74) is 0.135. The zero-order valence-corrected chi connectivity index (χ0v) is 11.0. The minimum absolute atomic E-state index is 0.0995. The first-order valence-electron chi connectivity index (χ1n) is 4.92. The molecule has 1 aliphatic rings. The number of hydrogen-bond acceptors (Lipinski definition) is 5. The van der Waals surface area contributed by atoms with Gasteiger partial charge in [-0.05, 0) is 19.1 Å². The monoisotopic (exact) mass is 263 g/mol. The molecule has 1 aliphatic heterocycles. The van der Waals surface area contributed by atoms with Crippen molar-refractivity contribution >= 4 is 29.1 Å². The number of aliphatic imine (C=N–C) groups is 1. The van der Waals surface area contributed by atoms with Gasteiger partial charge < -0.3 is 4.90 Å². The van der Waals surface area contributed by atoms with Crippen molar-refractivity contribution in [2.75, 3.05) is 12.8 Å². The molecule has 1 heterocycles. The van der Waals surface area contributed by atoms with Crippen LogP contribution in [0.1, 0.15) is 20.3 Å². The molecule has 0 fully saturated rings. The molecule has 0 aromatic heterocycles. The lowest BCUT2D eigenvalue weighted by Crippen LogP contribution is -2.33. The molecule has 90 valence electrons. The van der Waals surface area contributed by atoms with Gasteiger partial charge in [-0.3, -0.25) is 10.1 Å². The van der Waals surface area contributed by atoms with Gasteiger partial charge in [0.2, 0.25) is 0 Å². The van der Waals surface area contributed by atoms with E-state index in [1.165, 1.54) is 0 Å². The quantitative estimate of drug-likeness (QED) is 0.444. The summed E-state index contributed by atoms with van der Waals surface area (Å²) in [5, 5.41) is 10.9. The third-order valence-electron chi connectivity index (χ3n) is 2.14. The Bertz CT molecular complexity index is 357. The molecule has 16 heavy (non-hydrogen) atoms. The van der Waals surface area contributed by atoms with Gasteiger partial charge in [0.05, 0.1) is 4.92 Å². The Morgan fingerprint density at radius 3 is 2.81 bits per heavy atom. The van der Waals surface area contributed by atoms with Crippen LogP contribution in [0.2, 0.25) is 0 Å². The van der Waals surface area contributed by atoms with Crippen LogP contribution in [0.3, 0.4) is 0 Å². The predicted molar refractivity (Wildman–Crippen MR) is 67.3 cm³/mol. The van der Waals surface area contributed by atoms with Crippen molar-refractivity contribution in [2.24, 2.45) is 4.99 Å². The number of nitro groups is 1. The maximum atomic E-state index is 10.8. The van der Waals surface area contributed by atoms with Crippen LogP contribution >= 0.6 is 23.4 Å². The SMILES string of the molecule is CCCSC1N=C(C)C([N+](=O)[O-])=C(Cl)N1C. The average molecular weight is 264 g/mol. The topological polar surface area (TPSA) is 58.7 Å². The second-order valence-corrected chi connectivity index (χ2v) is 4.94. The normalized spacial score (nSPS) is 21.1. The highest BCUT2D eigenvalue weighted by molar-refractivity contribution is 7.99. The molecular weight excluding hydrogens is 250 g/mol. The standard InChI is InChI=1S/C9H14ClN3O2S/c1-4-5-16-9-11-6(2)7(13(14)15)8(10)12(9)3/h9H,4-5H2,1-3H3. The predicted octanol–water partition coefficient (Wildman–Crippen LogP) is 2.50. The second kappa shape index (κ2) is 5.54. The second-order valence-electron chi connectivity index (χ2n) is 3.42. The average Bonchev–Trinajstić information content (AvgIpc) is 2.21. The molecule has 1 rings (SSSR count). The molecule has 0 aromatic carbocycles. The first-order chi connectivity index (χ1) is 7.49. The van der Waals surface area contributed by atoms with E-state index in [4.69, 9.17) is 11.6 Å². The first kappa shape index (κ1) is 13.3. The number of allylic oxidation sites excluding steroid dienone is 1. The lowest BCUT2D eigenvalue weighted by Gasteiger charge is -2.28. The summed E-state index contributed by atoms with van der Waals surface area (Å²) in [6.07, 6.45) is 1.03. The molecule has 0 N–H and O–H groups in total. The van der Waals surface area contributed by atoms with E-state index >= 15 is 0 Å². The molecular formula is C9H14ClN3O2S. The number of halogens is 1. The van der Waals surface area contributed by atoms with Crippen LogP contribution in [-0.2, 0) is 0 Å². The van der Waals surface area contributed by atoms with Gasteiger partial charge >= 0.3 is 5.70 Å². The molecule has 0 spiro atoms. The lowest BCUT2D eigenvalue weighted by molar-refractivity contribution is -0.417. The van der Waals surface area contributed by atoms with E-state index in [0.717, 1.165) is 12.2 Å². The molecule has 1 unspecified atom stereocenters. The van der Waals surface area contributed by atoms with E-state index in [1.54, 1.807) is 30.6 Å². The van der Waals surface area contributed by atoms with Crippen molar-refractivity contribution < 1.29 is 4.92 Å². The molecule has 0 amide bonds. The molecule has 7 heteroatoms.